The van der Waals surface area contributed by atoms with E-state index in [4.69, 9.17) is 4.42 Å². The molecule has 128 valence electrons. The first-order chi connectivity index (χ1) is 12.1. The second kappa shape index (κ2) is 7.44. The lowest BCUT2D eigenvalue weighted by Crippen LogP contribution is -2.24. The van der Waals surface area contributed by atoms with E-state index in [-0.39, 0.29) is 16.9 Å². The molecule has 0 spiro atoms. The summed E-state index contributed by atoms with van der Waals surface area (Å²) < 4.78 is 17.5. The van der Waals surface area contributed by atoms with E-state index in [0.29, 0.717) is 28.0 Å². The molecule has 0 saturated carbocycles. The minimum atomic E-state index is -1.26. The Labute approximate surface area is 147 Å². The van der Waals surface area contributed by atoms with Crippen molar-refractivity contribution in [2.24, 2.45) is 0 Å². The molecule has 2 aromatic carbocycles. The number of benzene rings is 2. The number of hydrogen-bond acceptors (Lipinski definition) is 4. The lowest BCUT2D eigenvalue weighted by Gasteiger charge is -2.11. The van der Waals surface area contributed by atoms with Crippen LogP contribution in [0.3, 0.4) is 0 Å². The highest BCUT2D eigenvalue weighted by Crippen LogP contribution is 2.29. The molecule has 0 fully saturated rings. The normalized spacial score (nSPS) is 12.0. The fourth-order valence-corrected chi connectivity index (χ4v) is 3.04. The van der Waals surface area contributed by atoms with Crippen LogP contribution in [0.5, 0.6) is 0 Å². The summed E-state index contributed by atoms with van der Waals surface area (Å²) in [6.07, 6.45) is 0. The molecule has 3 rings (SSSR count). The SMILES string of the molecule is CC[S@@](=O)CC(=O)Nc1c(-c2ccccc2)oc2ccccc2c1=O. The lowest BCUT2D eigenvalue weighted by atomic mass is 10.1. The average molecular weight is 355 g/mol. The zero-order valence-corrected chi connectivity index (χ0v) is 14.5. The number of para-hydroxylation sites is 1. The van der Waals surface area contributed by atoms with E-state index in [1.165, 1.54) is 0 Å². The molecule has 0 aliphatic heterocycles. The van der Waals surface area contributed by atoms with Crippen LogP contribution in [0.2, 0.25) is 0 Å². The highest BCUT2D eigenvalue weighted by molar-refractivity contribution is 7.85. The van der Waals surface area contributed by atoms with Gasteiger partial charge in [-0.1, -0.05) is 49.4 Å². The summed E-state index contributed by atoms with van der Waals surface area (Å²) in [7, 11) is -1.26. The summed E-state index contributed by atoms with van der Waals surface area (Å²) in [5.41, 5.74) is 0.873. The largest absolute Gasteiger partial charge is 0.454 e. The summed E-state index contributed by atoms with van der Waals surface area (Å²) >= 11 is 0. The molecule has 3 aromatic rings. The van der Waals surface area contributed by atoms with Crippen LogP contribution in [0.1, 0.15) is 6.92 Å². The van der Waals surface area contributed by atoms with Gasteiger partial charge < -0.3 is 9.73 Å². The average Bonchev–Trinajstić information content (AvgIpc) is 2.64. The zero-order chi connectivity index (χ0) is 17.8. The van der Waals surface area contributed by atoms with Crippen molar-refractivity contribution in [1.82, 2.24) is 0 Å². The van der Waals surface area contributed by atoms with Crippen molar-refractivity contribution in [3.63, 3.8) is 0 Å². The maximum Gasteiger partial charge on any atom is 0.237 e. The van der Waals surface area contributed by atoms with Gasteiger partial charge in [0.2, 0.25) is 11.3 Å². The number of carbonyl (C=O) groups excluding carboxylic acids is 1. The summed E-state index contributed by atoms with van der Waals surface area (Å²) in [6.45, 7) is 1.74. The second-order valence-corrected chi connectivity index (χ2v) is 7.16. The number of rotatable bonds is 5. The van der Waals surface area contributed by atoms with E-state index in [0.717, 1.165) is 0 Å². The summed E-state index contributed by atoms with van der Waals surface area (Å²) in [5, 5.41) is 2.98. The molecule has 5 nitrogen and oxygen atoms in total. The Morgan fingerprint density at radius 2 is 1.76 bits per heavy atom. The Bertz CT molecular complexity index is 995. The molecular weight excluding hydrogens is 338 g/mol. The Morgan fingerprint density at radius 1 is 1.08 bits per heavy atom. The Kier molecular flexibility index (Phi) is 5.09. The summed E-state index contributed by atoms with van der Waals surface area (Å²) in [5.74, 6) is 0.0438. The van der Waals surface area contributed by atoms with Crippen molar-refractivity contribution in [2.45, 2.75) is 6.92 Å². The monoisotopic (exact) mass is 355 g/mol. The number of carbonyl (C=O) groups is 1. The maximum absolute atomic E-state index is 12.9. The van der Waals surface area contributed by atoms with Crippen molar-refractivity contribution in [3.05, 3.63) is 64.8 Å². The third-order valence-corrected chi connectivity index (χ3v) is 4.94. The van der Waals surface area contributed by atoms with Crippen molar-refractivity contribution in [3.8, 4) is 11.3 Å². The molecule has 0 bridgehead atoms. The highest BCUT2D eigenvalue weighted by atomic mass is 32.2. The van der Waals surface area contributed by atoms with Gasteiger partial charge in [-0.2, -0.15) is 0 Å². The van der Waals surface area contributed by atoms with Gasteiger partial charge in [-0.25, -0.2) is 0 Å². The summed E-state index contributed by atoms with van der Waals surface area (Å²) in [4.78, 5) is 25.0. The van der Waals surface area contributed by atoms with Gasteiger partial charge in [0.15, 0.2) is 5.76 Å². The molecule has 1 atom stereocenters. The molecule has 0 unspecified atom stereocenters. The quantitative estimate of drug-likeness (QED) is 0.763. The third-order valence-electron chi connectivity index (χ3n) is 3.71. The van der Waals surface area contributed by atoms with Gasteiger partial charge in [-0.05, 0) is 12.1 Å². The molecule has 1 heterocycles. The van der Waals surface area contributed by atoms with E-state index >= 15 is 0 Å². The first-order valence-electron chi connectivity index (χ1n) is 7.86. The minimum Gasteiger partial charge on any atom is -0.454 e. The van der Waals surface area contributed by atoms with Crippen LogP contribution in [0, 0.1) is 0 Å². The molecule has 1 N–H and O–H groups in total. The van der Waals surface area contributed by atoms with Crippen LogP contribution in [-0.4, -0.2) is 21.6 Å². The van der Waals surface area contributed by atoms with Crippen molar-refractivity contribution in [2.75, 3.05) is 16.8 Å². The molecule has 0 radical (unpaired) electrons. The van der Waals surface area contributed by atoms with Crippen LogP contribution in [0.15, 0.2) is 63.8 Å². The topological polar surface area (TPSA) is 76.4 Å². The molecule has 0 aliphatic carbocycles. The standard InChI is InChI=1S/C19H17NO4S/c1-2-25(23)12-16(21)20-17-18(22)14-10-6-7-11-15(14)24-19(17)13-8-4-3-5-9-13/h3-11H,2,12H2,1H3,(H,20,21)/t25-/m1/s1. The Hall–Kier alpha value is -2.73. The number of anilines is 1. The summed E-state index contributed by atoms with van der Waals surface area (Å²) in [6, 6.07) is 16.0. The van der Waals surface area contributed by atoms with Gasteiger partial charge >= 0.3 is 0 Å². The molecule has 0 saturated heterocycles. The molecule has 0 aliphatic rings. The molecule has 6 heteroatoms. The molecular formula is C19H17NO4S. The van der Waals surface area contributed by atoms with Crippen LogP contribution in [0.4, 0.5) is 5.69 Å². The van der Waals surface area contributed by atoms with Crippen LogP contribution in [-0.2, 0) is 15.6 Å². The maximum atomic E-state index is 12.9. The number of amides is 1. The smallest absolute Gasteiger partial charge is 0.237 e. The van der Waals surface area contributed by atoms with E-state index < -0.39 is 16.7 Å². The number of fused-ring (bicyclic) bond motifs is 1. The number of hydrogen-bond donors (Lipinski definition) is 1. The molecule has 25 heavy (non-hydrogen) atoms. The first kappa shape index (κ1) is 17.1. The van der Waals surface area contributed by atoms with E-state index in [1.807, 2.05) is 18.2 Å². The van der Waals surface area contributed by atoms with Crippen molar-refractivity contribution in [1.29, 1.82) is 0 Å². The Morgan fingerprint density at radius 3 is 2.48 bits per heavy atom. The van der Waals surface area contributed by atoms with Crippen LogP contribution >= 0.6 is 0 Å². The van der Waals surface area contributed by atoms with Gasteiger partial charge in [-0.15, -0.1) is 0 Å². The van der Waals surface area contributed by atoms with Crippen molar-refractivity contribution >= 4 is 33.4 Å². The highest BCUT2D eigenvalue weighted by Gasteiger charge is 2.18. The molecule has 1 aromatic heterocycles. The van der Waals surface area contributed by atoms with Gasteiger partial charge in [0.1, 0.15) is 17.0 Å². The van der Waals surface area contributed by atoms with Gasteiger partial charge in [-0.3, -0.25) is 13.8 Å². The number of nitrogens with one attached hydrogen (secondary N) is 1. The minimum absolute atomic E-state index is 0.0722. The Balaban J connectivity index is 2.14. The predicted molar refractivity (Wildman–Crippen MR) is 100 cm³/mol. The van der Waals surface area contributed by atoms with E-state index in [9.17, 15) is 13.8 Å². The fraction of sp³-hybridized carbons (Fsp3) is 0.158. The molecule has 1 amide bonds. The fourth-order valence-electron chi connectivity index (χ4n) is 2.47. The van der Waals surface area contributed by atoms with Gasteiger partial charge in [0.05, 0.1) is 5.39 Å². The third kappa shape index (κ3) is 3.69. The lowest BCUT2D eigenvalue weighted by molar-refractivity contribution is -0.113. The van der Waals surface area contributed by atoms with Gasteiger partial charge in [0, 0.05) is 22.1 Å². The second-order valence-electron chi connectivity index (χ2n) is 5.42. The van der Waals surface area contributed by atoms with E-state index in [1.54, 1.807) is 43.3 Å². The zero-order valence-electron chi connectivity index (χ0n) is 13.7. The van der Waals surface area contributed by atoms with Gasteiger partial charge in [0.25, 0.3) is 0 Å². The predicted octanol–water partition coefficient (Wildman–Crippen LogP) is 3.17. The van der Waals surface area contributed by atoms with Crippen LogP contribution < -0.4 is 10.7 Å². The van der Waals surface area contributed by atoms with Crippen molar-refractivity contribution < 1.29 is 13.4 Å². The van der Waals surface area contributed by atoms with Crippen LogP contribution in [0.25, 0.3) is 22.3 Å². The first-order valence-corrected chi connectivity index (χ1v) is 9.35. The van der Waals surface area contributed by atoms with E-state index in [2.05, 4.69) is 5.32 Å².